The highest BCUT2D eigenvalue weighted by Gasteiger charge is 2.40. The molecule has 0 saturated carbocycles. The number of alkyl halides is 2. The van der Waals surface area contributed by atoms with Gasteiger partial charge in [0, 0.05) is 37.2 Å². The van der Waals surface area contributed by atoms with Crippen LogP contribution in [0.5, 0.6) is 0 Å². The van der Waals surface area contributed by atoms with Gasteiger partial charge in [0.15, 0.2) is 11.6 Å². The highest BCUT2D eigenvalue weighted by molar-refractivity contribution is 6.09. The van der Waals surface area contributed by atoms with Crippen LogP contribution in [0.4, 0.5) is 13.2 Å². The Kier molecular flexibility index (Phi) is 6.29. The molecule has 1 fully saturated rings. The molecule has 10 heteroatoms. The number of amides is 1. The fourth-order valence-corrected chi connectivity index (χ4v) is 4.83. The summed E-state index contributed by atoms with van der Waals surface area (Å²) in [4.78, 5) is 17.8. The van der Waals surface area contributed by atoms with Crippen LogP contribution >= 0.6 is 0 Å². The van der Waals surface area contributed by atoms with Crippen molar-refractivity contribution in [1.82, 2.24) is 15.3 Å². The molecule has 0 aromatic heterocycles. The Bertz CT molecular complexity index is 1150. The van der Waals surface area contributed by atoms with Crippen LogP contribution in [-0.4, -0.2) is 54.5 Å². The molecule has 186 valence electrons. The zero-order chi connectivity index (χ0) is 24.7. The predicted octanol–water partition coefficient (Wildman–Crippen LogP) is 4.14. The molecule has 1 N–H and O–H groups in total. The van der Waals surface area contributed by atoms with Gasteiger partial charge in [-0.25, -0.2) is 18.2 Å². The minimum absolute atomic E-state index is 0.00848. The number of halogens is 3. The molecular formula is C25H27F3N4O3. The van der Waals surface area contributed by atoms with Gasteiger partial charge in [0.05, 0.1) is 30.4 Å². The van der Waals surface area contributed by atoms with Crippen molar-refractivity contribution in [2.45, 2.75) is 44.4 Å². The number of hydrogen-bond acceptors (Lipinski definition) is 6. The van der Waals surface area contributed by atoms with E-state index in [0.717, 1.165) is 23.0 Å². The smallest absolute Gasteiger partial charge is 0.266 e. The lowest BCUT2D eigenvalue weighted by molar-refractivity contribution is -0.161. The van der Waals surface area contributed by atoms with Crippen molar-refractivity contribution in [1.29, 1.82) is 0 Å². The summed E-state index contributed by atoms with van der Waals surface area (Å²) in [5.74, 6) is -1.25. The van der Waals surface area contributed by atoms with Crippen LogP contribution < -0.4 is 5.32 Å². The first-order valence-corrected chi connectivity index (χ1v) is 11.6. The Morgan fingerprint density at radius 2 is 1.97 bits per heavy atom. The predicted molar refractivity (Wildman–Crippen MR) is 123 cm³/mol. The molecular weight excluding hydrogens is 461 g/mol. The van der Waals surface area contributed by atoms with E-state index in [4.69, 9.17) is 9.47 Å². The van der Waals surface area contributed by atoms with Gasteiger partial charge in [0.1, 0.15) is 12.5 Å². The van der Waals surface area contributed by atoms with Gasteiger partial charge in [-0.3, -0.25) is 9.80 Å². The highest BCUT2D eigenvalue weighted by Crippen LogP contribution is 2.39. The van der Waals surface area contributed by atoms with E-state index in [1.54, 1.807) is 19.2 Å². The summed E-state index contributed by atoms with van der Waals surface area (Å²) in [5, 5.41) is 6.44. The molecule has 1 aromatic carbocycles. The molecule has 1 aliphatic carbocycles. The Hall–Kier alpha value is -2.95. The van der Waals surface area contributed by atoms with Crippen LogP contribution in [0.1, 0.15) is 49.8 Å². The number of amidine groups is 1. The number of nitrogens with one attached hydrogen (secondary N) is 1. The molecule has 1 spiro atoms. The van der Waals surface area contributed by atoms with Crippen molar-refractivity contribution in [3.8, 4) is 0 Å². The Morgan fingerprint density at radius 1 is 1.23 bits per heavy atom. The third kappa shape index (κ3) is 4.41. The monoisotopic (exact) mass is 488 g/mol. The highest BCUT2D eigenvalue weighted by atomic mass is 19.3. The quantitative estimate of drug-likeness (QED) is 0.675. The van der Waals surface area contributed by atoms with Crippen LogP contribution in [0.15, 0.2) is 58.3 Å². The summed E-state index contributed by atoms with van der Waals surface area (Å²) < 4.78 is 52.5. The van der Waals surface area contributed by atoms with Gasteiger partial charge in [0.25, 0.3) is 12.3 Å². The second-order valence-electron chi connectivity index (χ2n) is 9.06. The molecule has 1 saturated heterocycles. The summed E-state index contributed by atoms with van der Waals surface area (Å²) in [5.41, 5.74) is 1.58. The van der Waals surface area contributed by atoms with E-state index < -0.39 is 35.5 Å². The number of benzene rings is 1. The minimum Gasteiger partial charge on any atom is -0.347 e. The van der Waals surface area contributed by atoms with Crippen molar-refractivity contribution in [3.05, 3.63) is 70.2 Å². The molecule has 1 amide bonds. The molecule has 0 bridgehead atoms. The van der Waals surface area contributed by atoms with E-state index >= 15 is 0 Å². The van der Waals surface area contributed by atoms with Gasteiger partial charge in [-0.2, -0.15) is 5.01 Å². The summed E-state index contributed by atoms with van der Waals surface area (Å²) in [7, 11) is 1.86. The van der Waals surface area contributed by atoms with Crippen molar-refractivity contribution in [2.24, 2.45) is 4.99 Å². The third-order valence-electron chi connectivity index (χ3n) is 6.78. The van der Waals surface area contributed by atoms with Gasteiger partial charge in [-0.05, 0) is 25.0 Å². The molecule has 5 rings (SSSR count). The molecule has 0 unspecified atom stereocenters. The maximum absolute atomic E-state index is 14.6. The fraction of sp³-hybridized carbons (Fsp3) is 0.440. The summed E-state index contributed by atoms with van der Waals surface area (Å²) in [6.07, 6.45) is 4.63. The zero-order valence-electron chi connectivity index (χ0n) is 19.6. The third-order valence-corrected chi connectivity index (χ3v) is 6.78. The Morgan fingerprint density at radius 3 is 2.66 bits per heavy atom. The first kappa shape index (κ1) is 23.8. The molecule has 3 heterocycles. The van der Waals surface area contributed by atoms with Gasteiger partial charge < -0.3 is 14.8 Å². The van der Waals surface area contributed by atoms with E-state index in [2.05, 4.69) is 16.4 Å². The molecule has 4 aliphatic rings. The largest absolute Gasteiger partial charge is 0.347 e. The normalized spacial score (nSPS) is 22.5. The van der Waals surface area contributed by atoms with Crippen LogP contribution in [0.3, 0.4) is 0 Å². The topological polar surface area (TPSA) is 66.4 Å². The summed E-state index contributed by atoms with van der Waals surface area (Å²) >= 11 is 0. The van der Waals surface area contributed by atoms with Crippen molar-refractivity contribution in [2.75, 3.05) is 26.9 Å². The number of ether oxygens (including phenoxy) is 2. The second kappa shape index (κ2) is 9.25. The first-order chi connectivity index (χ1) is 16.8. The second-order valence-corrected chi connectivity index (χ2v) is 9.06. The van der Waals surface area contributed by atoms with Crippen molar-refractivity contribution < 1.29 is 27.4 Å². The van der Waals surface area contributed by atoms with E-state index in [0.29, 0.717) is 44.7 Å². The summed E-state index contributed by atoms with van der Waals surface area (Å²) in [6.45, 7) is 3.19. The van der Waals surface area contributed by atoms with Crippen molar-refractivity contribution >= 4 is 11.7 Å². The van der Waals surface area contributed by atoms with E-state index in [-0.39, 0.29) is 5.56 Å². The van der Waals surface area contributed by atoms with Crippen LogP contribution in [-0.2, 0) is 14.3 Å². The average Bonchev–Trinajstić information content (AvgIpc) is 3.45. The lowest BCUT2D eigenvalue weighted by Gasteiger charge is -2.34. The van der Waals surface area contributed by atoms with Crippen molar-refractivity contribution in [3.63, 3.8) is 0 Å². The Labute approximate surface area is 201 Å². The van der Waals surface area contributed by atoms with Gasteiger partial charge in [-0.15, -0.1) is 0 Å². The number of hydrogen-bond donors (Lipinski definition) is 1. The SMILES string of the molecule is C[C@@H](NC(=O)C1=CN2C(=NCN2C)C(C2=CCC3(CC2)OCCO3)=C1)c1cccc(C(F)F)c1F. The van der Waals surface area contributed by atoms with Crippen LogP contribution in [0, 0.1) is 5.82 Å². The molecule has 35 heavy (non-hydrogen) atoms. The molecule has 3 aliphatic heterocycles. The first-order valence-electron chi connectivity index (χ1n) is 11.6. The number of carbonyl (C=O) groups is 1. The Balaban J connectivity index is 1.39. The lowest BCUT2D eigenvalue weighted by atomic mass is 9.87. The summed E-state index contributed by atoms with van der Waals surface area (Å²) in [6, 6.07) is 3.00. The van der Waals surface area contributed by atoms with Gasteiger partial charge in [0.2, 0.25) is 0 Å². The average molecular weight is 489 g/mol. The molecule has 1 atom stereocenters. The number of nitrogens with zero attached hydrogens (tertiary/aromatic N) is 3. The van der Waals surface area contributed by atoms with Crippen LogP contribution in [0.2, 0.25) is 0 Å². The molecule has 7 nitrogen and oxygen atoms in total. The molecule has 1 aromatic rings. The number of carbonyl (C=O) groups excluding carboxylic acids is 1. The molecule has 0 radical (unpaired) electrons. The number of aliphatic imine (C=N–C) groups is 1. The van der Waals surface area contributed by atoms with Crippen LogP contribution in [0.25, 0.3) is 0 Å². The van der Waals surface area contributed by atoms with Gasteiger partial charge >= 0.3 is 0 Å². The lowest BCUT2D eigenvalue weighted by Crippen LogP contribution is -2.40. The maximum Gasteiger partial charge on any atom is 0.266 e. The fourth-order valence-electron chi connectivity index (χ4n) is 4.83. The van der Waals surface area contributed by atoms with Gasteiger partial charge in [-0.1, -0.05) is 24.3 Å². The minimum atomic E-state index is -2.93. The van der Waals surface area contributed by atoms with E-state index in [1.165, 1.54) is 12.1 Å². The number of rotatable bonds is 5. The number of hydrazine groups is 1. The standard InChI is InChI=1S/C25H27F3N4O3/c1-15(18-4-3-5-19(21(18)26)22(27)28)30-24(33)17-12-20(23-29-14-31(2)32(23)13-17)16-6-8-25(9-7-16)34-10-11-35-25/h3-6,12-13,15,22H,7-11,14H2,1-2H3,(H,30,33)/t15-/m1/s1. The van der Waals surface area contributed by atoms with E-state index in [1.807, 2.05) is 17.1 Å². The van der Waals surface area contributed by atoms with E-state index in [9.17, 15) is 18.0 Å². The number of fused-ring (bicyclic) bond motifs is 1. The zero-order valence-corrected chi connectivity index (χ0v) is 19.6. The maximum atomic E-state index is 14.6.